The Morgan fingerprint density at radius 2 is 1.46 bits per heavy atom. The van der Waals surface area contributed by atoms with Crippen LogP contribution in [0, 0.1) is 6.92 Å². The molecule has 0 saturated carbocycles. The summed E-state index contributed by atoms with van der Waals surface area (Å²) >= 11 is 6.05. The zero-order chi connectivity index (χ0) is 17.5. The fourth-order valence-electron chi connectivity index (χ4n) is 1.98. The molecular formula is C18H20ClN3O2. The predicted octanol–water partition coefficient (Wildman–Crippen LogP) is 4.05. The number of nitrogens with one attached hydrogen (secondary N) is 3. The Labute approximate surface area is 146 Å². The number of hydrogen-bond acceptors (Lipinski definition) is 3. The average Bonchev–Trinajstić information content (AvgIpc) is 2.57. The molecule has 2 aromatic carbocycles. The maximum atomic E-state index is 12.0. The first-order valence-corrected chi connectivity index (χ1v) is 8.05. The Balaban J connectivity index is 1.85. The highest BCUT2D eigenvalue weighted by Gasteiger charge is 2.04. The Bertz CT molecular complexity index is 730. The number of benzene rings is 2. The molecule has 24 heavy (non-hydrogen) atoms. The van der Waals surface area contributed by atoms with Gasteiger partial charge in [0.15, 0.2) is 0 Å². The molecule has 2 amide bonds. The van der Waals surface area contributed by atoms with Crippen molar-refractivity contribution in [1.29, 1.82) is 0 Å². The number of halogens is 1. The van der Waals surface area contributed by atoms with E-state index in [0.29, 0.717) is 22.8 Å². The maximum absolute atomic E-state index is 12.0. The van der Waals surface area contributed by atoms with E-state index in [1.165, 1.54) is 0 Å². The summed E-state index contributed by atoms with van der Waals surface area (Å²) in [5.74, 6) is -0.218. The Hall–Kier alpha value is -2.53. The fourth-order valence-corrected chi connectivity index (χ4v) is 2.16. The highest BCUT2D eigenvalue weighted by molar-refractivity contribution is 6.31. The summed E-state index contributed by atoms with van der Waals surface area (Å²) in [6, 6.07) is 12.5. The lowest BCUT2D eigenvalue weighted by Crippen LogP contribution is -2.21. The SMILES string of the molecule is CCC(=O)Nc1ccc(NC(=O)CNc2ccc(C)c(Cl)c2)cc1. The number of rotatable bonds is 6. The number of carbonyl (C=O) groups excluding carboxylic acids is 2. The van der Waals surface area contributed by atoms with Crippen LogP contribution in [-0.4, -0.2) is 18.4 Å². The van der Waals surface area contributed by atoms with Crippen LogP contribution in [0.2, 0.25) is 5.02 Å². The van der Waals surface area contributed by atoms with Crippen molar-refractivity contribution in [1.82, 2.24) is 0 Å². The van der Waals surface area contributed by atoms with Crippen molar-refractivity contribution in [3.63, 3.8) is 0 Å². The van der Waals surface area contributed by atoms with E-state index >= 15 is 0 Å². The Morgan fingerprint density at radius 1 is 0.917 bits per heavy atom. The van der Waals surface area contributed by atoms with Crippen molar-refractivity contribution >= 4 is 40.5 Å². The number of amides is 2. The van der Waals surface area contributed by atoms with Gasteiger partial charge in [-0.15, -0.1) is 0 Å². The molecule has 3 N–H and O–H groups in total. The van der Waals surface area contributed by atoms with Gasteiger partial charge in [-0.05, 0) is 48.9 Å². The van der Waals surface area contributed by atoms with E-state index in [1.807, 2.05) is 19.1 Å². The molecule has 2 aromatic rings. The van der Waals surface area contributed by atoms with Crippen molar-refractivity contribution in [3.8, 4) is 0 Å². The Morgan fingerprint density at radius 3 is 2.00 bits per heavy atom. The third kappa shape index (κ3) is 5.28. The number of carbonyl (C=O) groups is 2. The molecule has 0 heterocycles. The van der Waals surface area contributed by atoms with Crippen molar-refractivity contribution in [2.75, 3.05) is 22.5 Å². The number of hydrogen-bond donors (Lipinski definition) is 3. The molecule has 0 aliphatic carbocycles. The van der Waals surface area contributed by atoms with Crippen molar-refractivity contribution in [2.45, 2.75) is 20.3 Å². The largest absolute Gasteiger partial charge is 0.376 e. The summed E-state index contributed by atoms with van der Waals surface area (Å²) in [6.07, 6.45) is 0.424. The van der Waals surface area contributed by atoms with Crippen LogP contribution < -0.4 is 16.0 Å². The monoisotopic (exact) mass is 345 g/mol. The van der Waals surface area contributed by atoms with Gasteiger partial charge in [0.05, 0.1) is 6.54 Å². The molecule has 0 aliphatic heterocycles. The second kappa shape index (κ2) is 8.36. The standard InChI is InChI=1S/C18H20ClN3O2/c1-3-17(23)21-13-6-8-14(9-7-13)22-18(24)11-20-15-5-4-12(2)16(19)10-15/h4-10,20H,3,11H2,1-2H3,(H,21,23)(H,22,24). The van der Waals surface area contributed by atoms with Crippen LogP contribution in [0.15, 0.2) is 42.5 Å². The molecule has 0 aromatic heterocycles. The van der Waals surface area contributed by atoms with E-state index in [4.69, 9.17) is 11.6 Å². The first-order valence-electron chi connectivity index (χ1n) is 7.67. The van der Waals surface area contributed by atoms with Gasteiger partial charge in [-0.3, -0.25) is 9.59 Å². The van der Waals surface area contributed by atoms with Crippen LogP contribution in [0.5, 0.6) is 0 Å². The normalized spacial score (nSPS) is 10.1. The topological polar surface area (TPSA) is 70.2 Å². The second-order valence-corrected chi connectivity index (χ2v) is 5.75. The summed E-state index contributed by atoms with van der Waals surface area (Å²) in [7, 11) is 0. The summed E-state index contributed by atoms with van der Waals surface area (Å²) < 4.78 is 0. The van der Waals surface area contributed by atoms with Gasteiger partial charge >= 0.3 is 0 Å². The van der Waals surface area contributed by atoms with Gasteiger partial charge in [0.2, 0.25) is 11.8 Å². The smallest absolute Gasteiger partial charge is 0.243 e. The molecule has 6 heteroatoms. The molecule has 0 spiro atoms. The average molecular weight is 346 g/mol. The predicted molar refractivity (Wildman–Crippen MR) is 98.7 cm³/mol. The minimum atomic E-state index is -0.169. The van der Waals surface area contributed by atoms with Crippen molar-refractivity contribution < 1.29 is 9.59 Å². The van der Waals surface area contributed by atoms with Crippen LogP contribution in [0.3, 0.4) is 0 Å². The van der Waals surface area contributed by atoms with E-state index < -0.39 is 0 Å². The third-order valence-electron chi connectivity index (χ3n) is 3.40. The van der Waals surface area contributed by atoms with Crippen molar-refractivity contribution in [3.05, 3.63) is 53.1 Å². The van der Waals surface area contributed by atoms with Gasteiger partial charge in [0.1, 0.15) is 0 Å². The molecule has 0 atom stereocenters. The molecule has 2 rings (SSSR count). The summed E-state index contributed by atoms with van der Waals surface area (Å²) in [4.78, 5) is 23.3. The third-order valence-corrected chi connectivity index (χ3v) is 3.81. The molecular weight excluding hydrogens is 326 g/mol. The van der Waals surface area contributed by atoms with Crippen LogP contribution in [0.25, 0.3) is 0 Å². The van der Waals surface area contributed by atoms with Gasteiger partial charge in [-0.1, -0.05) is 24.6 Å². The summed E-state index contributed by atoms with van der Waals surface area (Å²) in [5, 5.41) is 9.22. The quantitative estimate of drug-likeness (QED) is 0.739. The molecule has 126 valence electrons. The van der Waals surface area contributed by atoms with Crippen LogP contribution in [-0.2, 0) is 9.59 Å². The second-order valence-electron chi connectivity index (χ2n) is 5.34. The first-order chi connectivity index (χ1) is 11.5. The number of anilines is 3. The van der Waals surface area contributed by atoms with E-state index in [0.717, 1.165) is 11.3 Å². The molecule has 0 bridgehead atoms. The fraction of sp³-hybridized carbons (Fsp3) is 0.222. The molecule has 5 nitrogen and oxygen atoms in total. The van der Waals surface area contributed by atoms with Crippen LogP contribution in [0.4, 0.5) is 17.1 Å². The first kappa shape index (κ1) is 17.8. The van der Waals surface area contributed by atoms with Crippen LogP contribution in [0.1, 0.15) is 18.9 Å². The minimum Gasteiger partial charge on any atom is -0.376 e. The van der Waals surface area contributed by atoms with Gasteiger partial charge in [0.25, 0.3) is 0 Å². The van der Waals surface area contributed by atoms with Gasteiger partial charge in [-0.25, -0.2) is 0 Å². The van der Waals surface area contributed by atoms with E-state index in [2.05, 4.69) is 16.0 Å². The molecule has 0 radical (unpaired) electrons. The lowest BCUT2D eigenvalue weighted by Gasteiger charge is -2.10. The summed E-state index contributed by atoms with van der Waals surface area (Å²) in [5.41, 5.74) is 3.14. The van der Waals surface area contributed by atoms with E-state index in [-0.39, 0.29) is 18.4 Å². The zero-order valence-corrected chi connectivity index (χ0v) is 14.4. The van der Waals surface area contributed by atoms with Crippen LogP contribution >= 0.6 is 11.6 Å². The van der Waals surface area contributed by atoms with Crippen molar-refractivity contribution in [2.24, 2.45) is 0 Å². The van der Waals surface area contributed by atoms with Gasteiger partial charge in [0, 0.05) is 28.5 Å². The molecule has 0 fully saturated rings. The molecule has 0 saturated heterocycles. The summed E-state index contributed by atoms with van der Waals surface area (Å²) in [6.45, 7) is 3.84. The molecule has 0 unspecified atom stereocenters. The highest BCUT2D eigenvalue weighted by atomic mass is 35.5. The lowest BCUT2D eigenvalue weighted by atomic mass is 10.2. The highest BCUT2D eigenvalue weighted by Crippen LogP contribution is 2.20. The van der Waals surface area contributed by atoms with E-state index in [9.17, 15) is 9.59 Å². The van der Waals surface area contributed by atoms with Gasteiger partial charge in [-0.2, -0.15) is 0 Å². The van der Waals surface area contributed by atoms with Gasteiger partial charge < -0.3 is 16.0 Å². The number of aryl methyl sites for hydroxylation is 1. The minimum absolute atomic E-state index is 0.0484. The molecule has 0 aliphatic rings. The van der Waals surface area contributed by atoms with E-state index in [1.54, 1.807) is 37.3 Å². The lowest BCUT2D eigenvalue weighted by molar-refractivity contribution is -0.116. The zero-order valence-electron chi connectivity index (χ0n) is 13.7. The maximum Gasteiger partial charge on any atom is 0.243 e. The Kier molecular flexibility index (Phi) is 6.21.